The van der Waals surface area contributed by atoms with Crippen LogP contribution in [0.5, 0.6) is 0 Å². The van der Waals surface area contributed by atoms with E-state index in [-0.39, 0.29) is 18.9 Å². The Labute approximate surface area is 112 Å². The van der Waals surface area contributed by atoms with Crippen molar-refractivity contribution in [1.29, 1.82) is 0 Å². The van der Waals surface area contributed by atoms with Crippen molar-refractivity contribution in [2.75, 3.05) is 18.4 Å². The molecular weight excluding hydrogens is 246 g/mol. The number of amides is 1. The van der Waals surface area contributed by atoms with E-state index >= 15 is 0 Å². The number of nitrogens with zero attached hydrogens (tertiary/aromatic N) is 1. The van der Waals surface area contributed by atoms with Crippen molar-refractivity contribution >= 4 is 17.6 Å². The van der Waals surface area contributed by atoms with E-state index in [4.69, 9.17) is 4.74 Å². The lowest BCUT2D eigenvalue weighted by atomic mass is 10.2. The minimum atomic E-state index is -0.595. The number of rotatable bonds is 5. The van der Waals surface area contributed by atoms with E-state index in [1.165, 1.54) is 0 Å². The third-order valence-corrected chi connectivity index (χ3v) is 1.98. The Morgan fingerprint density at radius 3 is 2.63 bits per heavy atom. The third-order valence-electron chi connectivity index (χ3n) is 1.98. The van der Waals surface area contributed by atoms with Crippen LogP contribution in [0.3, 0.4) is 0 Å². The first-order chi connectivity index (χ1) is 8.87. The minimum absolute atomic E-state index is 0.0673. The van der Waals surface area contributed by atoms with Gasteiger partial charge in [-0.1, -0.05) is 0 Å². The second kappa shape index (κ2) is 6.72. The van der Waals surface area contributed by atoms with Gasteiger partial charge in [0.25, 0.3) is 0 Å². The molecule has 0 fully saturated rings. The van der Waals surface area contributed by atoms with E-state index in [1.54, 1.807) is 39.2 Å². The lowest BCUT2D eigenvalue weighted by Crippen LogP contribution is -2.37. The van der Waals surface area contributed by atoms with Crippen molar-refractivity contribution in [1.82, 2.24) is 10.3 Å². The summed E-state index contributed by atoms with van der Waals surface area (Å²) in [4.78, 5) is 26.8. The molecule has 0 radical (unpaired) electrons. The number of pyridine rings is 1. The van der Waals surface area contributed by atoms with Crippen molar-refractivity contribution in [3.05, 3.63) is 24.5 Å². The lowest BCUT2D eigenvalue weighted by molar-refractivity contribution is -0.116. The van der Waals surface area contributed by atoms with Gasteiger partial charge in [0, 0.05) is 12.4 Å². The molecule has 6 heteroatoms. The molecule has 0 atom stereocenters. The van der Waals surface area contributed by atoms with Crippen LogP contribution < -0.4 is 10.6 Å². The molecule has 6 nitrogen and oxygen atoms in total. The molecule has 0 bridgehead atoms. The quantitative estimate of drug-likeness (QED) is 0.845. The number of hydrogen-bond acceptors (Lipinski definition) is 5. The number of ketones is 1. The number of aromatic nitrogens is 1. The van der Waals surface area contributed by atoms with Crippen LogP contribution in [0.15, 0.2) is 24.5 Å². The molecule has 1 heterocycles. The van der Waals surface area contributed by atoms with Gasteiger partial charge in [0.15, 0.2) is 5.78 Å². The number of nitrogens with one attached hydrogen (secondary N) is 2. The van der Waals surface area contributed by atoms with Gasteiger partial charge >= 0.3 is 6.09 Å². The minimum Gasteiger partial charge on any atom is -0.444 e. The Kier molecular flexibility index (Phi) is 5.29. The van der Waals surface area contributed by atoms with Crippen molar-refractivity contribution in [3.8, 4) is 0 Å². The molecule has 104 valence electrons. The van der Waals surface area contributed by atoms with Crippen LogP contribution in [0.1, 0.15) is 20.8 Å². The largest absolute Gasteiger partial charge is 0.444 e. The Hall–Kier alpha value is -2.11. The van der Waals surface area contributed by atoms with Gasteiger partial charge in [0.1, 0.15) is 5.60 Å². The number of carbonyl (C=O) groups excluding carboxylic acids is 2. The predicted molar refractivity (Wildman–Crippen MR) is 72.0 cm³/mol. The summed E-state index contributed by atoms with van der Waals surface area (Å²) in [6, 6.07) is 3.58. The number of alkyl carbamates (subject to hydrolysis) is 1. The van der Waals surface area contributed by atoms with Crippen LogP contribution in [0.4, 0.5) is 10.5 Å². The summed E-state index contributed by atoms with van der Waals surface area (Å²) in [5.41, 5.74) is 0.189. The number of Topliss-reactive ketones (excluding diaryl/α,β-unsaturated/α-hetero) is 1. The number of anilines is 1. The predicted octanol–water partition coefficient (Wildman–Crippen LogP) is 1.59. The van der Waals surface area contributed by atoms with Crippen LogP contribution in [0.2, 0.25) is 0 Å². The molecular formula is C13H19N3O3. The number of hydrogen-bond donors (Lipinski definition) is 2. The zero-order valence-electron chi connectivity index (χ0n) is 11.4. The summed E-state index contributed by atoms with van der Waals surface area (Å²) in [6.07, 6.45) is 2.67. The average molecular weight is 265 g/mol. The van der Waals surface area contributed by atoms with Gasteiger partial charge in [-0.05, 0) is 32.9 Å². The summed E-state index contributed by atoms with van der Waals surface area (Å²) in [6.45, 7) is 5.35. The highest BCUT2D eigenvalue weighted by Crippen LogP contribution is 2.06. The molecule has 0 unspecified atom stereocenters. The van der Waals surface area contributed by atoms with Crippen LogP contribution >= 0.6 is 0 Å². The molecule has 19 heavy (non-hydrogen) atoms. The normalized spacial score (nSPS) is 10.7. The molecule has 1 rings (SSSR count). The highest BCUT2D eigenvalue weighted by molar-refractivity contribution is 5.87. The van der Waals surface area contributed by atoms with E-state index in [0.717, 1.165) is 5.69 Å². The van der Waals surface area contributed by atoms with Gasteiger partial charge in [-0.25, -0.2) is 4.79 Å². The number of ether oxygens (including phenoxy) is 1. The topological polar surface area (TPSA) is 80.3 Å². The van der Waals surface area contributed by atoms with Crippen LogP contribution in [0, 0.1) is 0 Å². The molecule has 0 saturated carbocycles. The molecule has 0 aliphatic rings. The smallest absolute Gasteiger partial charge is 0.408 e. The van der Waals surface area contributed by atoms with Crippen LogP contribution in [0.25, 0.3) is 0 Å². The fourth-order valence-electron chi connectivity index (χ4n) is 1.22. The van der Waals surface area contributed by atoms with E-state index < -0.39 is 11.7 Å². The standard InChI is InChI=1S/C13H19N3O3/c1-13(2,3)19-12(18)16-9-11(17)8-15-10-5-4-6-14-7-10/h4-7,15H,8-9H2,1-3H3,(H,16,18). The maximum absolute atomic E-state index is 11.5. The van der Waals surface area contributed by atoms with E-state index in [2.05, 4.69) is 15.6 Å². The molecule has 0 spiro atoms. The second-order valence-corrected chi connectivity index (χ2v) is 4.99. The monoisotopic (exact) mass is 265 g/mol. The zero-order valence-corrected chi connectivity index (χ0v) is 11.4. The highest BCUT2D eigenvalue weighted by Gasteiger charge is 2.16. The first-order valence-electron chi connectivity index (χ1n) is 5.99. The van der Waals surface area contributed by atoms with Crippen molar-refractivity contribution < 1.29 is 14.3 Å². The molecule has 2 N–H and O–H groups in total. The van der Waals surface area contributed by atoms with Gasteiger partial charge in [-0.2, -0.15) is 0 Å². The van der Waals surface area contributed by atoms with Gasteiger partial charge in [0.2, 0.25) is 0 Å². The summed E-state index contributed by atoms with van der Waals surface area (Å²) in [5, 5.41) is 5.32. The Balaban J connectivity index is 2.23. The first-order valence-corrected chi connectivity index (χ1v) is 5.99. The van der Waals surface area contributed by atoms with Gasteiger partial charge in [0.05, 0.1) is 18.8 Å². The Morgan fingerprint density at radius 2 is 2.05 bits per heavy atom. The molecule has 0 aliphatic carbocycles. The Bertz CT molecular complexity index is 427. The third kappa shape index (κ3) is 7.03. The number of carbonyl (C=O) groups is 2. The van der Waals surface area contributed by atoms with Crippen molar-refractivity contribution in [2.45, 2.75) is 26.4 Å². The van der Waals surface area contributed by atoms with E-state index in [1.807, 2.05) is 6.07 Å². The fourth-order valence-corrected chi connectivity index (χ4v) is 1.22. The van der Waals surface area contributed by atoms with E-state index in [9.17, 15) is 9.59 Å². The summed E-state index contributed by atoms with van der Waals surface area (Å²) in [5.74, 6) is -0.144. The molecule has 1 aromatic heterocycles. The first kappa shape index (κ1) is 14.9. The van der Waals surface area contributed by atoms with Gasteiger partial charge in [-0.3, -0.25) is 9.78 Å². The maximum Gasteiger partial charge on any atom is 0.408 e. The lowest BCUT2D eigenvalue weighted by Gasteiger charge is -2.19. The molecule has 0 aliphatic heterocycles. The molecule has 1 aromatic rings. The summed E-state index contributed by atoms with van der Waals surface area (Å²) in [7, 11) is 0. The SMILES string of the molecule is CC(C)(C)OC(=O)NCC(=O)CNc1cccnc1. The second-order valence-electron chi connectivity index (χ2n) is 4.99. The zero-order chi connectivity index (χ0) is 14.3. The molecule has 0 saturated heterocycles. The van der Waals surface area contributed by atoms with Gasteiger partial charge < -0.3 is 15.4 Å². The van der Waals surface area contributed by atoms with Crippen molar-refractivity contribution in [2.24, 2.45) is 0 Å². The van der Waals surface area contributed by atoms with Gasteiger partial charge in [-0.15, -0.1) is 0 Å². The maximum atomic E-state index is 11.5. The Morgan fingerprint density at radius 1 is 1.32 bits per heavy atom. The summed E-state index contributed by atoms with van der Waals surface area (Å²) < 4.78 is 5.02. The molecule has 1 amide bonds. The average Bonchev–Trinajstić information content (AvgIpc) is 2.33. The van der Waals surface area contributed by atoms with Crippen molar-refractivity contribution in [3.63, 3.8) is 0 Å². The highest BCUT2D eigenvalue weighted by atomic mass is 16.6. The van der Waals surface area contributed by atoms with Crippen LogP contribution in [-0.4, -0.2) is 35.6 Å². The molecule has 0 aromatic carbocycles. The van der Waals surface area contributed by atoms with E-state index in [0.29, 0.717) is 0 Å². The fraction of sp³-hybridized carbons (Fsp3) is 0.462. The summed E-state index contributed by atoms with van der Waals surface area (Å²) >= 11 is 0. The van der Waals surface area contributed by atoms with Crippen LogP contribution in [-0.2, 0) is 9.53 Å².